The summed E-state index contributed by atoms with van der Waals surface area (Å²) in [5.74, 6) is 0.883. The van der Waals surface area contributed by atoms with Gasteiger partial charge in [0.05, 0.1) is 5.69 Å². The number of carboxylic acid groups (broad SMARTS) is 1. The van der Waals surface area contributed by atoms with Crippen LogP contribution in [0.25, 0.3) is 11.4 Å². The van der Waals surface area contributed by atoms with Crippen molar-refractivity contribution in [2.45, 2.75) is 26.7 Å². The Morgan fingerprint density at radius 1 is 1.06 bits per heavy atom. The zero-order valence-corrected chi connectivity index (χ0v) is 19.5. The van der Waals surface area contributed by atoms with Crippen LogP contribution >= 0.6 is 11.6 Å². The number of nitrogens with zero attached hydrogens (tertiary/aromatic N) is 3. The summed E-state index contributed by atoms with van der Waals surface area (Å²) in [4.78, 5) is 24.4. The molecule has 0 aliphatic heterocycles. The van der Waals surface area contributed by atoms with Gasteiger partial charge in [0.15, 0.2) is 5.75 Å². The third-order valence-corrected chi connectivity index (χ3v) is 5.59. The number of nitrogens with one attached hydrogen (secondary N) is 1. The molecule has 0 amide bonds. The number of carboxylic acids is 1. The van der Waals surface area contributed by atoms with E-state index in [4.69, 9.17) is 26.4 Å². The molecule has 0 fully saturated rings. The lowest BCUT2D eigenvalue weighted by Gasteiger charge is -2.14. The van der Waals surface area contributed by atoms with E-state index in [1.165, 1.54) is 0 Å². The summed E-state index contributed by atoms with van der Waals surface area (Å²) in [6.45, 7) is 3.94. The van der Waals surface area contributed by atoms with Crippen LogP contribution in [0.4, 0.5) is 11.5 Å². The van der Waals surface area contributed by atoms with Gasteiger partial charge in [-0.2, -0.15) is 0 Å². The fourth-order valence-electron chi connectivity index (χ4n) is 3.35. The summed E-state index contributed by atoms with van der Waals surface area (Å²) in [5, 5.41) is 12.7. The van der Waals surface area contributed by atoms with E-state index in [0.29, 0.717) is 34.5 Å². The number of aryl methyl sites for hydroxylation is 3. The van der Waals surface area contributed by atoms with E-state index in [2.05, 4.69) is 15.3 Å². The summed E-state index contributed by atoms with van der Waals surface area (Å²) in [6.07, 6.45) is 3.72. The SMILES string of the molecule is Cc1cc(Oc2ccnc(Nc3ccc(Cl)c(CCC(=O)O)c3)c2)c(-c2ccccn2)nc1C. The van der Waals surface area contributed by atoms with E-state index in [1.54, 1.807) is 30.6 Å². The lowest BCUT2D eigenvalue weighted by atomic mass is 10.1. The third kappa shape index (κ3) is 5.68. The van der Waals surface area contributed by atoms with Crippen LogP contribution in [0.3, 0.4) is 0 Å². The minimum atomic E-state index is -0.869. The molecular weight excluding hydrogens is 452 g/mol. The molecular formula is C26H23ClN4O3. The first-order valence-corrected chi connectivity index (χ1v) is 11.1. The molecule has 34 heavy (non-hydrogen) atoms. The quantitative estimate of drug-likeness (QED) is 0.306. The molecule has 8 heteroatoms. The second-order valence-corrected chi connectivity index (χ2v) is 8.16. The van der Waals surface area contributed by atoms with E-state index in [-0.39, 0.29) is 6.42 Å². The number of anilines is 2. The maximum Gasteiger partial charge on any atom is 0.303 e. The van der Waals surface area contributed by atoms with Crippen molar-refractivity contribution in [1.29, 1.82) is 0 Å². The van der Waals surface area contributed by atoms with Crippen LogP contribution in [0.15, 0.2) is 67.0 Å². The van der Waals surface area contributed by atoms with Crippen molar-refractivity contribution in [3.63, 3.8) is 0 Å². The number of hydrogen-bond donors (Lipinski definition) is 2. The molecule has 172 valence electrons. The summed E-state index contributed by atoms with van der Waals surface area (Å²) < 4.78 is 6.22. The monoisotopic (exact) mass is 474 g/mol. The molecule has 0 radical (unpaired) electrons. The molecule has 7 nitrogen and oxygen atoms in total. The lowest BCUT2D eigenvalue weighted by molar-refractivity contribution is -0.136. The molecule has 0 bridgehead atoms. The first-order chi connectivity index (χ1) is 16.4. The summed E-state index contributed by atoms with van der Waals surface area (Å²) in [5.41, 5.74) is 4.81. The Morgan fingerprint density at radius 3 is 2.68 bits per heavy atom. The van der Waals surface area contributed by atoms with Gasteiger partial charge in [-0.15, -0.1) is 0 Å². The zero-order valence-electron chi connectivity index (χ0n) is 18.7. The first kappa shape index (κ1) is 23.2. The normalized spacial score (nSPS) is 10.7. The maximum atomic E-state index is 10.9. The highest BCUT2D eigenvalue weighted by atomic mass is 35.5. The second-order valence-electron chi connectivity index (χ2n) is 7.76. The number of rotatable bonds is 8. The molecule has 0 saturated carbocycles. The van der Waals surface area contributed by atoms with Crippen molar-refractivity contribution in [3.05, 3.63) is 88.8 Å². The van der Waals surface area contributed by atoms with Crippen LogP contribution in [-0.4, -0.2) is 26.0 Å². The highest BCUT2D eigenvalue weighted by Crippen LogP contribution is 2.33. The van der Waals surface area contributed by atoms with Gasteiger partial charge in [0.1, 0.15) is 17.3 Å². The van der Waals surface area contributed by atoms with E-state index in [9.17, 15) is 4.79 Å². The Labute approximate surface area is 202 Å². The van der Waals surface area contributed by atoms with Crippen molar-refractivity contribution in [2.75, 3.05) is 5.32 Å². The number of hydrogen-bond acceptors (Lipinski definition) is 6. The first-order valence-electron chi connectivity index (χ1n) is 10.7. The van der Waals surface area contributed by atoms with Crippen molar-refractivity contribution < 1.29 is 14.6 Å². The Balaban J connectivity index is 1.58. The van der Waals surface area contributed by atoms with Gasteiger partial charge in [-0.25, -0.2) is 9.97 Å². The number of ether oxygens (including phenoxy) is 1. The molecule has 2 N–H and O–H groups in total. The number of aromatic nitrogens is 3. The van der Waals surface area contributed by atoms with E-state index in [0.717, 1.165) is 28.2 Å². The standard InChI is InChI=1S/C26H23ClN4O3/c1-16-13-23(26(30-17(16)2)22-5-3-4-11-28-22)34-20-10-12-29-24(15-20)31-19-7-8-21(27)18(14-19)6-9-25(32)33/h3-5,7-8,10-15H,6,9H2,1-2H3,(H,29,31)(H,32,33). The molecule has 0 saturated heterocycles. The van der Waals surface area contributed by atoms with Gasteiger partial charge in [-0.05, 0) is 73.9 Å². The summed E-state index contributed by atoms with van der Waals surface area (Å²) >= 11 is 6.22. The van der Waals surface area contributed by atoms with Gasteiger partial charge in [-0.1, -0.05) is 17.7 Å². The highest BCUT2D eigenvalue weighted by molar-refractivity contribution is 6.31. The summed E-state index contributed by atoms with van der Waals surface area (Å²) in [7, 11) is 0. The molecule has 0 atom stereocenters. The lowest BCUT2D eigenvalue weighted by Crippen LogP contribution is -2.00. The largest absolute Gasteiger partial charge is 0.481 e. The topological polar surface area (TPSA) is 97.2 Å². The van der Waals surface area contributed by atoms with Crippen LogP contribution in [0.2, 0.25) is 5.02 Å². The number of pyridine rings is 3. The maximum absolute atomic E-state index is 10.9. The zero-order chi connectivity index (χ0) is 24.1. The molecule has 0 unspecified atom stereocenters. The Hall–Kier alpha value is -3.97. The van der Waals surface area contributed by atoms with E-state index < -0.39 is 5.97 Å². The van der Waals surface area contributed by atoms with Gasteiger partial charge in [0.2, 0.25) is 0 Å². The minimum absolute atomic E-state index is 0.00730. The molecule has 0 aliphatic rings. The molecule has 3 heterocycles. The number of carbonyl (C=O) groups is 1. The predicted molar refractivity (Wildman–Crippen MR) is 132 cm³/mol. The number of halogens is 1. The second kappa shape index (κ2) is 10.3. The average molecular weight is 475 g/mol. The van der Waals surface area contributed by atoms with Gasteiger partial charge in [-0.3, -0.25) is 9.78 Å². The van der Waals surface area contributed by atoms with Crippen LogP contribution in [-0.2, 0) is 11.2 Å². The van der Waals surface area contributed by atoms with Crippen molar-refractivity contribution >= 4 is 29.1 Å². The number of benzene rings is 1. The smallest absolute Gasteiger partial charge is 0.303 e. The summed E-state index contributed by atoms with van der Waals surface area (Å²) in [6, 6.07) is 16.5. The van der Waals surface area contributed by atoms with Crippen LogP contribution < -0.4 is 10.1 Å². The van der Waals surface area contributed by atoms with Gasteiger partial charge in [0, 0.05) is 41.3 Å². The Morgan fingerprint density at radius 2 is 1.91 bits per heavy atom. The molecule has 3 aromatic heterocycles. The minimum Gasteiger partial charge on any atom is -0.481 e. The predicted octanol–water partition coefficient (Wildman–Crippen LogP) is 6.36. The highest BCUT2D eigenvalue weighted by Gasteiger charge is 2.14. The Bertz CT molecular complexity index is 1330. The van der Waals surface area contributed by atoms with Crippen LogP contribution in [0, 0.1) is 13.8 Å². The fourth-order valence-corrected chi connectivity index (χ4v) is 3.56. The van der Waals surface area contributed by atoms with Gasteiger partial charge < -0.3 is 15.2 Å². The Kier molecular flexibility index (Phi) is 7.04. The molecule has 0 spiro atoms. The number of aliphatic carboxylic acids is 1. The van der Waals surface area contributed by atoms with Gasteiger partial charge >= 0.3 is 5.97 Å². The van der Waals surface area contributed by atoms with E-state index >= 15 is 0 Å². The van der Waals surface area contributed by atoms with Crippen molar-refractivity contribution in [2.24, 2.45) is 0 Å². The molecule has 0 aliphatic carbocycles. The van der Waals surface area contributed by atoms with Crippen molar-refractivity contribution in [3.8, 4) is 22.9 Å². The fraction of sp³-hybridized carbons (Fsp3) is 0.154. The molecule has 1 aromatic carbocycles. The van der Waals surface area contributed by atoms with Crippen LogP contribution in [0.5, 0.6) is 11.5 Å². The van der Waals surface area contributed by atoms with Gasteiger partial charge in [0.25, 0.3) is 0 Å². The van der Waals surface area contributed by atoms with Crippen molar-refractivity contribution in [1.82, 2.24) is 15.0 Å². The van der Waals surface area contributed by atoms with E-state index in [1.807, 2.05) is 50.2 Å². The molecule has 4 aromatic rings. The van der Waals surface area contributed by atoms with Crippen LogP contribution in [0.1, 0.15) is 23.2 Å². The average Bonchev–Trinajstić information content (AvgIpc) is 2.82. The molecule has 4 rings (SSSR count). The third-order valence-electron chi connectivity index (χ3n) is 5.22.